The standard InChI is InChI=1S/C9H20N2/c1-7(3-4-10)8(2)5-9-6-11-9/h7-9,11H,3-6,10H2,1-2H3. The molecule has 1 aliphatic heterocycles. The molecule has 0 aromatic carbocycles. The third-order valence-electron chi connectivity index (χ3n) is 2.74. The largest absolute Gasteiger partial charge is 0.330 e. The highest BCUT2D eigenvalue weighted by molar-refractivity contribution is 4.85. The molecule has 1 heterocycles. The first-order valence-corrected chi connectivity index (χ1v) is 4.67. The second kappa shape index (κ2) is 4.07. The van der Waals surface area contributed by atoms with E-state index in [-0.39, 0.29) is 0 Å². The summed E-state index contributed by atoms with van der Waals surface area (Å²) in [4.78, 5) is 0. The van der Waals surface area contributed by atoms with Crippen molar-refractivity contribution in [2.24, 2.45) is 17.6 Å². The van der Waals surface area contributed by atoms with Crippen LogP contribution in [0.3, 0.4) is 0 Å². The lowest BCUT2D eigenvalue weighted by atomic mass is 9.89. The third-order valence-corrected chi connectivity index (χ3v) is 2.74. The summed E-state index contributed by atoms with van der Waals surface area (Å²) in [6, 6.07) is 0.824. The summed E-state index contributed by atoms with van der Waals surface area (Å²) in [5.41, 5.74) is 5.50. The average Bonchev–Trinajstić information content (AvgIpc) is 2.72. The minimum absolute atomic E-state index is 0.794. The fourth-order valence-corrected chi connectivity index (χ4v) is 1.48. The maximum atomic E-state index is 5.50. The molecule has 3 N–H and O–H groups in total. The Morgan fingerprint density at radius 3 is 2.55 bits per heavy atom. The van der Waals surface area contributed by atoms with Gasteiger partial charge in [0.15, 0.2) is 0 Å². The molecule has 1 fully saturated rings. The van der Waals surface area contributed by atoms with Gasteiger partial charge in [-0.2, -0.15) is 0 Å². The molecule has 0 amide bonds. The molecule has 66 valence electrons. The zero-order valence-corrected chi connectivity index (χ0v) is 7.64. The molecule has 0 aliphatic carbocycles. The van der Waals surface area contributed by atoms with Gasteiger partial charge >= 0.3 is 0 Å². The van der Waals surface area contributed by atoms with Gasteiger partial charge in [0.2, 0.25) is 0 Å². The van der Waals surface area contributed by atoms with Crippen LogP contribution in [0.1, 0.15) is 26.7 Å². The van der Waals surface area contributed by atoms with Crippen LogP contribution in [-0.4, -0.2) is 19.1 Å². The summed E-state index contributed by atoms with van der Waals surface area (Å²) < 4.78 is 0. The number of hydrogen-bond acceptors (Lipinski definition) is 2. The molecular formula is C9H20N2. The first kappa shape index (κ1) is 9.01. The van der Waals surface area contributed by atoms with E-state index in [2.05, 4.69) is 19.2 Å². The molecule has 3 atom stereocenters. The smallest absolute Gasteiger partial charge is 0.0195 e. The van der Waals surface area contributed by atoms with E-state index < -0.39 is 0 Å². The quantitative estimate of drug-likeness (QED) is 0.583. The van der Waals surface area contributed by atoms with Crippen LogP contribution in [-0.2, 0) is 0 Å². The molecule has 1 rings (SSSR count). The molecule has 0 spiro atoms. The monoisotopic (exact) mass is 156 g/mol. The Morgan fingerprint density at radius 1 is 1.45 bits per heavy atom. The van der Waals surface area contributed by atoms with E-state index in [9.17, 15) is 0 Å². The van der Waals surface area contributed by atoms with Gasteiger partial charge in [-0.3, -0.25) is 0 Å². The zero-order valence-electron chi connectivity index (χ0n) is 7.64. The number of hydrogen-bond donors (Lipinski definition) is 2. The Labute approximate surface area is 69.5 Å². The van der Waals surface area contributed by atoms with E-state index in [1.807, 2.05) is 0 Å². The Balaban J connectivity index is 2.10. The van der Waals surface area contributed by atoms with E-state index in [0.717, 1.165) is 24.4 Å². The van der Waals surface area contributed by atoms with Gasteiger partial charge in [0.05, 0.1) is 0 Å². The third kappa shape index (κ3) is 3.21. The van der Waals surface area contributed by atoms with E-state index in [1.54, 1.807) is 0 Å². The van der Waals surface area contributed by atoms with Crippen LogP contribution < -0.4 is 11.1 Å². The molecule has 0 aromatic heterocycles. The molecule has 3 unspecified atom stereocenters. The Morgan fingerprint density at radius 2 is 2.09 bits per heavy atom. The van der Waals surface area contributed by atoms with Gasteiger partial charge in [-0.25, -0.2) is 0 Å². The van der Waals surface area contributed by atoms with E-state index in [1.165, 1.54) is 19.4 Å². The van der Waals surface area contributed by atoms with E-state index >= 15 is 0 Å². The first-order valence-electron chi connectivity index (χ1n) is 4.67. The molecule has 0 radical (unpaired) electrons. The van der Waals surface area contributed by atoms with Gasteiger partial charge in [-0.1, -0.05) is 13.8 Å². The summed E-state index contributed by atoms with van der Waals surface area (Å²) in [7, 11) is 0. The summed E-state index contributed by atoms with van der Waals surface area (Å²) in [5.74, 6) is 1.63. The van der Waals surface area contributed by atoms with Crippen LogP contribution in [0.25, 0.3) is 0 Å². The topological polar surface area (TPSA) is 48.0 Å². The lowest BCUT2D eigenvalue weighted by molar-refractivity contribution is 0.347. The second-order valence-electron chi connectivity index (χ2n) is 3.87. The molecule has 0 saturated carbocycles. The molecule has 2 heteroatoms. The van der Waals surface area contributed by atoms with Crippen molar-refractivity contribution in [2.45, 2.75) is 32.7 Å². The fourth-order valence-electron chi connectivity index (χ4n) is 1.48. The number of nitrogens with two attached hydrogens (primary N) is 1. The SMILES string of the molecule is CC(CCN)C(C)CC1CN1. The van der Waals surface area contributed by atoms with E-state index in [4.69, 9.17) is 5.73 Å². The van der Waals surface area contributed by atoms with Gasteiger partial charge in [0.1, 0.15) is 0 Å². The van der Waals surface area contributed by atoms with Gasteiger partial charge in [-0.05, 0) is 31.2 Å². The van der Waals surface area contributed by atoms with Gasteiger partial charge in [-0.15, -0.1) is 0 Å². The normalized spacial score (nSPS) is 28.1. The molecule has 1 aliphatic rings. The van der Waals surface area contributed by atoms with E-state index in [0.29, 0.717) is 0 Å². The highest BCUT2D eigenvalue weighted by Gasteiger charge is 2.24. The maximum absolute atomic E-state index is 5.50. The number of nitrogens with one attached hydrogen (secondary N) is 1. The summed E-state index contributed by atoms with van der Waals surface area (Å²) in [6.45, 7) is 6.71. The predicted octanol–water partition coefficient (Wildman–Crippen LogP) is 0.969. The maximum Gasteiger partial charge on any atom is 0.0195 e. The fraction of sp³-hybridized carbons (Fsp3) is 1.00. The molecule has 1 saturated heterocycles. The van der Waals surface area contributed by atoms with Crippen molar-refractivity contribution in [1.29, 1.82) is 0 Å². The minimum Gasteiger partial charge on any atom is -0.330 e. The van der Waals surface area contributed by atoms with Crippen LogP contribution >= 0.6 is 0 Å². The second-order valence-corrected chi connectivity index (χ2v) is 3.87. The van der Waals surface area contributed by atoms with Crippen molar-refractivity contribution in [1.82, 2.24) is 5.32 Å². The van der Waals surface area contributed by atoms with Crippen LogP contribution in [0.15, 0.2) is 0 Å². The first-order chi connectivity index (χ1) is 5.24. The average molecular weight is 156 g/mol. The summed E-state index contributed by atoms with van der Waals surface area (Å²) in [5, 5.41) is 3.33. The van der Waals surface area contributed by atoms with Crippen molar-refractivity contribution in [3.8, 4) is 0 Å². The highest BCUT2D eigenvalue weighted by Crippen LogP contribution is 2.21. The van der Waals surface area contributed by atoms with Gasteiger partial charge in [0, 0.05) is 12.6 Å². The Hall–Kier alpha value is -0.0800. The summed E-state index contributed by atoms with van der Waals surface area (Å²) >= 11 is 0. The lowest BCUT2D eigenvalue weighted by Gasteiger charge is -2.18. The van der Waals surface area contributed by atoms with Crippen molar-refractivity contribution in [3.63, 3.8) is 0 Å². The van der Waals surface area contributed by atoms with Crippen LogP contribution in [0.5, 0.6) is 0 Å². The lowest BCUT2D eigenvalue weighted by Crippen LogP contribution is -2.15. The predicted molar refractivity (Wildman–Crippen MR) is 48.4 cm³/mol. The van der Waals surface area contributed by atoms with Crippen molar-refractivity contribution < 1.29 is 0 Å². The Bertz CT molecular complexity index is 110. The Kier molecular flexibility index (Phi) is 3.34. The molecule has 11 heavy (non-hydrogen) atoms. The van der Waals surface area contributed by atoms with Crippen LogP contribution in [0.2, 0.25) is 0 Å². The highest BCUT2D eigenvalue weighted by atomic mass is 15.1. The van der Waals surface area contributed by atoms with Crippen molar-refractivity contribution in [3.05, 3.63) is 0 Å². The summed E-state index contributed by atoms with van der Waals surface area (Å²) in [6.07, 6.45) is 2.51. The minimum atomic E-state index is 0.794. The zero-order chi connectivity index (χ0) is 8.27. The molecule has 0 bridgehead atoms. The van der Waals surface area contributed by atoms with Gasteiger partial charge < -0.3 is 11.1 Å². The van der Waals surface area contributed by atoms with Crippen LogP contribution in [0, 0.1) is 11.8 Å². The molecule has 2 nitrogen and oxygen atoms in total. The molecular weight excluding hydrogens is 136 g/mol. The van der Waals surface area contributed by atoms with Crippen molar-refractivity contribution in [2.75, 3.05) is 13.1 Å². The van der Waals surface area contributed by atoms with Gasteiger partial charge in [0.25, 0.3) is 0 Å². The number of rotatable bonds is 5. The van der Waals surface area contributed by atoms with Crippen LogP contribution in [0.4, 0.5) is 0 Å². The van der Waals surface area contributed by atoms with Crippen molar-refractivity contribution >= 4 is 0 Å². The molecule has 0 aromatic rings.